The van der Waals surface area contributed by atoms with Crippen molar-refractivity contribution in [2.75, 3.05) is 0 Å². The molecule has 2 aromatic carbocycles. The topological polar surface area (TPSA) is 38.0 Å². The Morgan fingerprint density at radius 1 is 1.06 bits per heavy atom. The van der Waals surface area contributed by atoms with Crippen LogP contribution in [0.1, 0.15) is 22.7 Å². The van der Waals surface area contributed by atoms with Crippen molar-refractivity contribution >= 4 is 23.2 Å². The SMILES string of the molecule is Cc1ccc(C(NN)c2ccc(Cl)cc2)c(Cl)c1. The van der Waals surface area contributed by atoms with Crippen LogP contribution in [0, 0.1) is 6.92 Å². The van der Waals surface area contributed by atoms with E-state index in [9.17, 15) is 0 Å². The first kappa shape index (κ1) is 13.4. The Morgan fingerprint density at radius 3 is 2.28 bits per heavy atom. The van der Waals surface area contributed by atoms with Gasteiger partial charge in [-0.1, -0.05) is 47.5 Å². The van der Waals surface area contributed by atoms with Gasteiger partial charge in [0.25, 0.3) is 0 Å². The predicted octanol–water partition coefficient (Wildman–Crippen LogP) is 3.85. The highest BCUT2D eigenvalue weighted by Gasteiger charge is 2.15. The molecular weight excluding hydrogens is 267 g/mol. The summed E-state index contributed by atoms with van der Waals surface area (Å²) in [6.07, 6.45) is 0. The van der Waals surface area contributed by atoms with Crippen molar-refractivity contribution in [3.8, 4) is 0 Å². The van der Waals surface area contributed by atoms with E-state index in [1.54, 1.807) is 0 Å². The van der Waals surface area contributed by atoms with E-state index >= 15 is 0 Å². The van der Waals surface area contributed by atoms with Crippen LogP contribution in [0.2, 0.25) is 10.0 Å². The average Bonchev–Trinajstić information content (AvgIpc) is 2.35. The van der Waals surface area contributed by atoms with Crippen LogP contribution in [0.3, 0.4) is 0 Å². The molecule has 0 aromatic heterocycles. The quantitative estimate of drug-likeness (QED) is 0.662. The maximum atomic E-state index is 6.26. The molecule has 0 saturated carbocycles. The number of nitrogens with one attached hydrogen (secondary N) is 1. The van der Waals surface area contributed by atoms with Crippen LogP contribution in [-0.2, 0) is 0 Å². The van der Waals surface area contributed by atoms with Crippen molar-refractivity contribution in [1.82, 2.24) is 5.43 Å². The molecule has 3 N–H and O–H groups in total. The molecule has 0 aliphatic rings. The molecule has 0 saturated heterocycles. The van der Waals surface area contributed by atoms with Crippen LogP contribution in [0.25, 0.3) is 0 Å². The molecule has 0 aliphatic carbocycles. The zero-order valence-electron chi connectivity index (χ0n) is 9.95. The molecule has 2 aromatic rings. The van der Waals surface area contributed by atoms with E-state index in [4.69, 9.17) is 29.0 Å². The fourth-order valence-electron chi connectivity index (χ4n) is 1.89. The summed E-state index contributed by atoms with van der Waals surface area (Å²) in [5, 5.41) is 1.40. The molecule has 0 spiro atoms. The van der Waals surface area contributed by atoms with Crippen LogP contribution in [0.4, 0.5) is 0 Å². The summed E-state index contributed by atoms with van der Waals surface area (Å²) in [5.41, 5.74) is 5.88. The molecule has 2 rings (SSSR count). The average molecular weight is 281 g/mol. The molecular formula is C14H14Cl2N2. The maximum absolute atomic E-state index is 6.26. The van der Waals surface area contributed by atoms with E-state index in [0.29, 0.717) is 10.0 Å². The second kappa shape index (κ2) is 5.72. The summed E-state index contributed by atoms with van der Waals surface area (Å²) >= 11 is 12.1. The number of hydrogen-bond acceptors (Lipinski definition) is 2. The summed E-state index contributed by atoms with van der Waals surface area (Å²) in [6, 6.07) is 13.3. The number of halogens is 2. The van der Waals surface area contributed by atoms with Crippen molar-refractivity contribution < 1.29 is 0 Å². The van der Waals surface area contributed by atoms with Gasteiger partial charge in [0.15, 0.2) is 0 Å². The lowest BCUT2D eigenvalue weighted by molar-refractivity contribution is 0.637. The summed E-state index contributed by atoms with van der Waals surface area (Å²) in [7, 11) is 0. The zero-order chi connectivity index (χ0) is 13.1. The molecule has 1 unspecified atom stereocenters. The summed E-state index contributed by atoms with van der Waals surface area (Å²) in [5.74, 6) is 5.64. The zero-order valence-corrected chi connectivity index (χ0v) is 11.5. The van der Waals surface area contributed by atoms with E-state index in [0.717, 1.165) is 16.7 Å². The smallest absolute Gasteiger partial charge is 0.0724 e. The minimum absolute atomic E-state index is 0.143. The number of hydrazine groups is 1. The Kier molecular flexibility index (Phi) is 4.25. The van der Waals surface area contributed by atoms with Gasteiger partial charge in [-0.25, -0.2) is 5.43 Å². The number of aryl methyl sites for hydroxylation is 1. The van der Waals surface area contributed by atoms with Crippen LogP contribution < -0.4 is 11.3 Å². The van der Waals surface area contributed by atoms with E-state index in [-0.39, 0.29) is 6.04 Å². The highest BCUT2D eigenvalue weighted by atomic mass is 35.5. The summed E-state index contributed by atoms with van der Waals surface area (Å²) < 4.78 is 0. The van der Waals surface area contributed by atoms with Crippen LogP contribution in [0.15, 0.2) is 42.5 Å². The van der Waals surface area contributed by atoms with Gasteiger partial charge in [0, 0.05) is 10.0 Å². The van der Waals surface area contributed by atoms with Crippen molar-refractivity contribution in [2.45, 2.75) is 13.0 Å². The van der Waals surface area contributed by atoms with E-state index < -0.39 is 0 Å². The Labute approximate surface area is 117 Å². The highest BCUT2D eigenvalue weighted by Crippen LogP contribution is 2.29. The van der Waals surface area contributed by atoms with Crippen molar-refractivity contribution in [3.05, 3.63) is 69.2 Å². The minimum atomic E-state index is -0.143. The molecule has 1 atom stereocenters. The van der Waals surface area contributed by atoms with Gasteiger partial charge in [-0.15, -0.1) is 0 Å². The molecule has 0 bridgehead atoms. The first-order valence-electron chi connectivity index (χ1n) is 5.59. The van der Waals surface area contributed by atoms with Gasteiger partial charge < -0.3 is 0 Å². The fourth-order valence-corrected chi connectivity index (χ4v) is 2.36. The van der Waals surface area contributed by atoms with Gasteiger partial charge in [-0.3, -0.25) is 5.84 Å². The second-order valence-electron chi connectivity index (χ2n) is 4.18. The van der Waals surface area contributed by atoms with E-state index in [1.165, 1.54) is 0 Å². The molecule has 0 fully saturated rings. The van der Waals surface area contributed by atoms with Crippen LogP contribution >= 0.6 is 23.2 Å². The largest absolute Gasteiger partial charge is 0.271 e. The fraction of sp³-hybridized carbons (Fsp3) is 0.143. The summed E-state index contributed by atoms with van der Waals surface area (Å²) in [6.45, 7) is 2.00. The Hall–Kier alpha value is -1.06. The Balaban J connectivity index is 2.41. The van der Waals surface area contributed by atoms with E-state index in [2.05, 4.69) is 5.43 Å². The van der Waals surface area contributed by atoms with E-state index in [1.807, 2.05) is 49.4 Å². The van der Waals surface area contributed by atoms with Gasteiger partial charge in [-0.05, 0) is 41.8 Å². The molecule has 0 amide bonds. The Morgan fingerprint density at radius 2 is 1.72 bits per heavy atom. The third-order valence-electron chi connectivity index (χ3n) is 2.84. The molecule has 2 nitrogen and oxygen atoms in total. The van der Waals surface area contributed by atoms with Gasteiger partial charge in [0.2, 0.25) is 0 Å². The van der Waals surface area contributed by atoms with Crippen molar-refractivity contribution in [2.24, 2.45) is 5.84 Å². The number of benzene rings is 2. The predicted molar refractivity (Wildman–Crippen MR) is 76.8 cm³/mol. The van der Waals surface area contributed by atoms with Crippen molar-refractivity contribution in [1.29, 1.82) is 0 Å². The second-order valence-corrected chi connectivity index (χ2v) is 5.02. The molecule has 94 valence electrons. The van der Waals surface area contributed by atoms with Gasteiger partial charge in [-0.2, -0.15) is 0 Å². The monoisotopic (exact) mass is 280 g/mol. The first-order chi connectivity index (χ1) is 8.61. The maximum Gasteiger partial charge on any atom is 0.0724 e. The number of hydrogen-bond donors (Lipinski definition) is 2. The highest BCUT2D eigenvalue weighted by molar-refractivity contribution is 6.31. The van der Waals surface area contributed by atoms with Crippen molar-refractivity contribution in [3.63, 3.8) is 0 Å². The number of rotatable bonds is 3. The number of nitrogens with two attached hydrogens (primary N) is 1. The lowest BCUT2D eigenvalue weighted by Crippen LogP contribution is -2.29. The van der Waals surface area contributed by atoms with Gasteiger partial charge >= 0.3 is 0 Å². The lowest BCUT2D eigenvalue weighted by atomic mass is 9.98. The van der Waals surface area contributed by atoms with Crippen LogP contribution in [0.5, 0.6) is 0 Å². The van der Waals surface area contributed by atoms with Gasteiger partial charge in [0.1, 0.15) is 0 Å². The Bertz CT molecular complexity index is 538. The molecule has 18 heavy (non-hydrogen) atoms. The third kappa shape index (κ3) is 2.85. The molecule has 4 heteroatoms. The third-order valence-corrected chi connectivity index (χ3v) is 3.42. The molecule has 0 heterocycles. The molecule has 0 radical (unpaired) electrons. The minimum Gasteiger partial charge on any atom is -0.271 e. The normalized spacial score (nSPS) is 12.4. The molecule has 0 aliphatic heterocycles. The van der Waals surface area contributed by atoms with Gasteiger partial charge in [0.05, 0.1) is 6.04 Å². The summed E-state index contributed by atoms with van der Waals surface area (Å²) in [4.78, 5) is 0. The first-order valence-corrected chi connectivity index (χ1v) is 6.35. The van der Waals surface area contributed by atoms with Crippen LogP contribution in [-0.4, -0.2) is 0 Å². The standard InChI is InChI=1S/C14H14Cl2N2/c1-9-2-7-12(13(16)8-9)14(18-17)10-3-5-11(15)6-4-10/h2-8,14,18H,17H2,1H3. The lowest BCUT2D eigenvalue weighted by Gasteiger charge is -2.18.